The molecule has 0 spiro atoms. The standard InChI is InChI=1S/C23H23ClN4O3S/c24-17-2-4-18(5-3-17)28-14-16(12-21(28)29)22(30)26-23-25-19-6-1-15(11-20(19)32-23)13-27-7-9-31-10-8-27/h1-6,11,16H,7-10,12-14H2,(H,25,26,30). The summed E-state index contributed by atoms with van der Waals surface area (Å²) in [6.45, 7) is 4.66. The van der Waals surface area contributed by atoms with Gasteiger partial charge in [-0.3, -0.25) is 14.5 Å². The quantitative estimate of drug-likeness (QED) is 0.614. The first kappa shape index (κ1) is 21.3. The van der Waals surface area contributed by atoms with Crippen LogP contribution >= 0.6 is 22.9 Å². The lowest BCUT2D eigenvalue weighted by Crippen LogP contribution is -2.35. The zero-order chi connectivity index (χ0) is 22.1. The van der Waals surface area contributed by atoms with Crippen molar-refractivity contribution in [2.45, 2.75) is 13.0 Å². The normalized spacial score (nSPS) is 19.6. The number of fused-ring (bicyclic) bond motifs is 1. The fourth-order valence-corrected chi connectivity index (χ4v) is 5.16. The molecule has 2 aromatic carbocycles. The number of nitrogens with zero attached hydrogens (tertiary/aromatic N) is 3. The summed E-state index contributed by atoms with van der Waals surface area (Å²) in [6.07, 6.45) is 0.184. The lowest BCUT2D eigenvalue weighted by Gasteiger charge is -2.26. The van der Waals surface area contributed by atoms with Crippen LogP contribution in [0.2, 0.25) is 5.02 Å². The van der Waals surface area contributed by atoms with Crippen LogP contribution in [0.25, 0.3) is 10.2 Å². The molecular formula is C23H23ClN4O3S. The van der Waals surface area contributed by atoms with Crippen molar-refractivity contribution in [2.75, 3.05) is 43.1 Å². The molecule has 3 aromatic rings. The molecule has 2 aliphatic heterocycles. The number of benzene rings is 2. The molecule has 0 aliphatic carbocycles. The number of morpholine rings is 1. The van der Waals surface area contributed by atoms with Crippen molar-refractivity contribution in [3.05, 3.63) is 53.1 Å². The second kappa shape index (κ2) is 9.15. The van der Waals surface area contributed by atoms with Crippen LogP contribution in [0.1, 0.15) is 12.0 Å². The molecule has 1 N–H and O–H groups in total. The van der Waals surface area contributed by atoms with Gasteiger partial charge in [0.25, 0.3) is 0 Å². The highest BCUT2D eigenvalue weighted by atomic mass is 35.5. The molecule has 1 aromatic heterocycles. The van der Waals surface area contributed by atoms with E-state index in [0.717, 1.165) is 48.8 Å². The van der Waals surface area contributed by atoms with E-state index in [4.69, 9.17) is 16.3 Å². The predicted octanol–water partition coefficient (Wildman–Crippen LogP) is 3.77. The van der Waals surface area contributed by atoms with E-state index in [9.17, 15) is 9.59 Å². The summed E-state index contributed by atoms with van der Waals surface area (Å²) in [5, 5.41) is 4.09. The van der Waals surface area contributed by atoms with Gasteiger partial charge in [-0.25, -0.2) is 4.98 Å². The van der Waals surface area contributed by atoms with Crippen molar-refractivity contribution >= 4 is 55.8 Å². The van der Waals surface area contributed by atoms with Crippen LogP contribution in [0.3, 0.4) is 0 Å². The molecule has 0 bridgehead atoms. The number of aromatic nitrogens is 1. The highest BCUT2D eigenvalue weighted by Crippen LogP contribution is 2.30. The summed E-state index contributed by atoms with van der Waals surface area (Å²) in [6, 6.07) is 13.3. The van der Waals surface area contributed by atoms with Crippen LogP contribution in [-0.4, -0.2) is 54.5 Å². The lowest BCUT2D eigenvalue weighted by molar-refractivity contribution is -0.122. The Balaban J connectivity index is 1.24. The van der Waals surface area contributed by atoms with Crippen LogP contribution in [0.4, 0.5) is 10.8 Å². The monoisotopic (exact) mass is 470 g/mol. The number of carbonyl (C=O) groups excluding carboxylic acids is 2. The topological polar surface area (TPSA) is 74.8 Å². The summed E-state index contributed by atoms with van der Waals surface area (Å²) in [5.74, 6) is -0.658. The molecule has 32 heavy (non-hydrogen) atoms. The summed E-state index contributed by atoms with van der Waals surface area (Å²) < 4.78 is 6.45. The molecule has 9 heteroatoms. The fourth-order valence-electron chi connectivity index (χ4n) is 4.10. The molecule has 5 rings (SSSR count). The van der Waals surface area contributed by atoms with Gasteiger partial charge in [-0.1, -0.05) is 29.0 Å². The van der Waals surface area contributed by atoms with E-state index in [1.54, 1.807) is 29.2 Å². The largest absolute Gasteiger partial charge is 0.379 e. The Hall–Kier alpha value is -2.52. The van der Waals surface area contributed by atoms with E-state index in [-0.39, 0.29) is 18.2 Å². The van der Waals surface area contributed by atoms with Crippen molar-refractivity contribution in [3.63, 3.8) is 0 Å². The number of thiazole rings is 1. The first-order chi connectivity index (χ1) is 15.5. The summed E-state index contributed by atoms with van der Waals surface area (Å²) in [4.78, 5) is 33.9. The maximum absolute atomic E-state index is 12.8. The number of hydrogen-bond donors (Lipinski definition) is 1. The minimum atomic E-state index is -0.415. The number of rotatable bonds is 5. The van der Waals surface area contributed by atoms with Gasteiger partial charge in [-0.05, 0) is 42.0 Å². The smallest absolute Gasteiger partial charge is 0.231 e. The fraction of sp³-hybridized carbons (Fsp3) is 0.348. The number of amides is 2. The van der Waals surface area contributed by atoms with Crippen LogP contribution < -0.4 is 10.2 Å². The molecule has 2 amide bonds. The zero-order valence-corrected chi connectivity index (χ0v) is 19.0. The van der Waals surface area contributed by atoms with Crippen molar-refractivity contribution in [2.24, 2.45) is 5.92 Å². The van der Waals surface area contributed by atoms with Crippen molar-refractivity contribution in [1.29, 1.82) is 0 Å². The number of carbonyl (C=O) groups is 2. The summed E-state index contributed by atoms with van der Waals surface area (Å²) in [5.41, 5.74) is 2.84. The van der Waals surface area contributed by atoms with E-state index >= 15 is 0 Å². The Morgan fingerprint density at radius 2 is 1.97 bits per heavy atom. The van der Waals surface area contributed by atoms with Crippen molar-refractivity contribution in [1.82, 2.24) is 9.88 Å². The Labute approximate surface area is 194 Å². The lowest BCUT2D eigenvalue weighted by atomic mass is 10.1. The van der Waals surface area contributed by atoms with Crippen LogP contribution in [0.5, 0.6) is 0 Å². The number of ether oxygens (including phenoxy) is 1. The number of hydrogen-bond acceptors (Lipinski definition) is 6. The van der Waals surface area contributed by atoms with E-state index < -0.39 is 5.92 Å². The number of nitrogens with one attached hydrogen (secondary N) is 1. The average Bonchev–Trinajstić information content (AvgIpc) is 3.37. The molecular weight excluding hydrogens is 448 g/mol. The maximum Gasteiger partial charge on any atom is 0.231 e. The van der Waals surface area contributed by atoms with E-state index in [0.29, 0.717) is 16.7 Å². The molecule has 1 unspecified atom stereocenters. The Morgan fingerprint density at radius 1 is 1.19 bits per heavy atom. The van der Waals surface area contributed by atoms with Gasteiger partial charge in [0.05, 0.1) is 29.3 Å². The molecule has 166 valence electrons. The maximum atomic E-state index is 12.8. The molecule has 0 saturated carbocycles. The Morgan fingerprint density at radius 3 is 2.75 bits per heavy atom. The van der Waals surface area contributed by atoms with Gasteiger partial charge in [-0.15, -0.1) is 0 Å². The SMILES string of the molecule is O=C(Nc1nc2ccc(CN3CCOCC3)cc2s1)C1CC(=O)N(c2ccc(Cl)cc2)C1. The highest BCUT2D eigenvalue weighted by Gasteiger charge is 2.35. The van der Waals surface area contributed by atoms with Crippen LogP contribution in [0.15, 0.2) is 42.5 Å². The first-order valence-corrected chi connectivity index (χ1v) is 11.8. The third-order valence-corrected chi connectivity index (χ3v) is 7.01. The van der Waals surface area contributed by atoms with Gasteiger partial charge in [0.15, 0.2) is 5.13 Å². The molecule has 3 heterocycles. The molecule has 2 fully saturated rings. The van der Waals surface area contributed by atoms with E-state index in [2.05, 4.69) is 27.3 Å². The minimum absolute atomic E-state index is 0.0653. The van der Waals surface area contributed by atoms with Gasteiger partial charge < -0.3 is 15.0 Å². The number of anilines is 2. The summed E-state index contributed by atoms with van der Waals surface area (Å²) >= 11 is 7.40. The summed E-state index contributed by atoms with van der Waals surface area (Å²) in [7, 11) is 0. The highest BCUT2D eigenvalue weighted by molar-refractivity contribution is 7.22. The minimum Gasteiger partial charge on any atom is -0.379 e. The van der Waals surface area contributed by atoms with Gasteiger partial charge in [0.1, 0.15) is 0 Å². The molecule has 0 radical (unpaired) electrons. The van der Waals surface area contributed by atoms with Crippen LogP contribution in [0, 0.1) is 5.92 Å². The first-order valence-electron chi connectivity index (χ1n) is 10.6. The Kier molecular flexibility index (Phi) is 6.10. The zero-order valence-electron chi connectivity index (χ0n) is 17.4. The second-order valence-electron chi connectivity index (χ2n) is 8.08. The average molecular weight is 471 g/mol. The molecule has 2 saturated heterocycles. The second-order valence-corrected chi connectivity index (χ2v) is 9.55. The Bertz CT molecular complexity index is 1140. The van der Waals surface area contributed by atoms with Crippen molar-refractivity contribution in [3.8, 4) is 0 Å². The van der Waals surface area contributed by atoms with Gasteiger partial charge in [0.2, 0.25) is 11.8 Å². The van der Waals surface area contributed by atoms with Gasteiger partial charge >= 0.3 is 0 Å². The predicted molar refractivity (Wildman–Crippen MR) is 126 cm³/mol. The molecule has 2 aliphatic rings. The van der Waals surface area contributed by atoms with Gasteiger partial charge in [-0.2, -0.15) is 0 Å². The molecule has 1 atom stereocenters. The van der Waals surface area contributed by atoms with Crippen molar-refractivity contribution < 1.29 is 14.3 Å². The van der Waals surface area contributed by atoms with Gasteiger partial charge in [0, 0.05) is 43.3 Å². The van der Waals surface area contributed by atoms with E-state index in [1.165, 1.54) is 16.9 Å². The third kappa shape index (κ3) is 4.63. The van der Waals surface area contributed by atoms with E-state index in [1.807, 2.05) is 6.07 Å². The van der Waals surface area contributed by atoms with Crippen LogP contribution in [-0.2, 0) is 20.9 Å². The number of halogens is 1. The third-order valence-electron chi connectivity index (χ3n) is 5.83. The molecule has 7 nitrogen and oxygen atoms in total.